The SMILES string of the molecule is COc1ccc(-c2cc3ncn(CC(=O)N(C)Cc4ccccc4OC)c(=O)c3s2)cc1. The first-order chi connectivity index (χ1) is 15.5. The molecule has 4 rings (SSSR count). The van der Waals surface area contributed by atoms with E-state index in [9.17, 15) is 9.59 Å². The van der Waals surface area contributed by atoms with Crippen LogP contribution in [0.15, 0.2) is 65.7 Å². The van der Waals surface area contributed by atoms with E-state index in [4.69, 9.17) is 9.47 Å². The van der Waals surface area contributed by atoms with Gasteiger partial charge in [-0.05, 0) is 42.0 Å². The van der Waals surface area contributed by atoms with Crippen LogP contribution in [0.3, 0.4) is 0 Å². The van der Waals surface area contributed by atoms with E-state index in [1.807, 2.05) is 54.6 Å². The summed E-state index contributed by atoms with van der Waals surface area (Å²) in [5.41, 5.74) is 2.28. The predicted octanol–water partition coefficient (Wildman–Crippen LogP) is 3.80. The predicted molar refractivity (Wildman–Crippen MR) is 125 cm³/mol. The van der Waals surface area contributed by atoms with Gasteiger partial charge in [0.25, 0.3) is 5.56 Å². The van der Waals surface area contributed by atoms with Gasteiger partial charge < -0.3 is 14.4 Å². The summed E-state index contributed by atoms with van der Waals surface area (Å²) >= 11 is 1.37. The molecule has 0 spiro atoms. The third-order valence-corrected chi connectivity index (χ3v) is 6.37. The molecule has 0 atom stereocenters. The number of nitrogens with zero attached hydrogens (tertiary/aromatic N) is 3. The Morgan fingerprint density at radius 1 is 1.09 bits per heavy atom. The second-order valence-corrected chi connectivity index (χ2v) is 8.34. The fourth-order valence-corrected chi connectivity index (χ4v) is 4.46. The first-order valence-corrected chi connectivity index (χ1v) is 10.8. The molecular weight excluding hydrogens is 426 g/mol. The van der Waals surface area contributed by atoms with Gasteiger partial charge >= 0.3 is 0 Å². The minimum Gasteiger partial charge on any atom is -0.497 e. The number of para-hydroxylation sites is 1. The fourth-order valence-electron chi connectivity index (χ4n) is 3.40. The lowest BCUT2D eigenvalue weighted by molar-refractivity contribution is -0.131. The third kappa shape index (κ3) is 4.36. The summed E-state index contributed by atoms with van der Waals surface area (Å²) in [7, 11) is 4.93. The smallest absolute Gasteiger partial charge is 0.271 e. The number of ether oxygens (including phenoxy) is 2. The van der Waals surface area contributed by atoms with Gasteiger partial charge in [-0.1, -0.05) is 18.2 Å². The van der Waals surface area contributed by atoms with E-state index in [0.29, 0.717) is 16.8 Å². The molecule has 8 heteroatoms. The quantitative estimate of drug-likeness (QED) is 0.429. The minimum absolute atomic E-state index is 0.0802. The number of amides is 1. The van der Waals surface area contributed by atoms with Crippen LogP contribution in [0.2, 0.25) is 0 Å². The highest BCUT2D eigenvalue weighted by atomic mass is 32.1. The lowest BCUT2D eigenvalue weighted by Gasteiger charge is -2.19. The second kappa shape index (κ2) is 9.23. The number of benzene rings is 2. The molecule has 0 radical (unpaired) electrons. The number of methoxy groups -OCH3 is 2. The Balaban J connectivity index is 1.54. The summed E-state index contributed by atoms with van der Waals surface area (Å²) in [4.78, 5) is 32.7. The van der Waals surface area contributed by atoms with Crippen molar-refractivity contribution in [2.24, 2.45) is 0 Å². The highest BCUT2D eigenvalue weighted by Gasteiger charge is 2.16. The first-order valence-electron chi connectivity index (χ1n) is 9.99. The molecule has 1 amide bonds. The van der Waals surface area contributed by atoms with Crippen LogP contribution in [-0.2, 0) is 17.9 Å². The molecule has 0 fully saturated rings. The van der Waals surface area contributed by atoms with Crippen LogP contribution >= 0.6 is 11.3 Å². The molecule has 0 aliphatic heterocycles. The van der Waals surface area contributed by atoms with Crippen molar-refractivity contribution >= 4 is 27.5 Å². The van der Waals surface area contributed by atoms with Crippen LogP contribution in [0, 0.1) is 0 Å². The Kier molecular flexibility index (Phi) is 6.23. The zero-order valence-corrected chi connectivity index (χ0v) is 18.9. The second-order valence-electron chi connectivity index (χ2n) is 7.29. The average molecular weight is 450 g/mol. The van der Waals surface area contributed by atoms with Crippen molar-refractivity contribution in [1.82, 2.24) is 14.5 Å². The van der Waals surface area contributed by atoms with Gasteiger partial charge in [-0.15, -0.1) is 11.3 Å². The van der Waals surface area contributed by atoms with E-state index in [-0.39, 0.29) is 18.0 Å². The van der Waals surface area contributed by atoms with Gasteiger partial charge in [-0.2, -0.15) is 0 Å². The molecular formula is C24H23N3O4S. The van der Waals surface area contributed by atoms with Crippen LogP contribution in [0.25, 0.3) is 20.7 Å². The molecule has 4 aromatic rings. The molecule has 0 aliphatic carbocycles. The molecule has 0 saturated carbocycles. The van der Waals surface area contributed by atoms with Crippen molar-refractivity contribution in [3.63, 3.8) is 0 Å². The number of thiophene rings is 1. The zero-order chi connectivity index (χ0) is 22.7. The number of fused-ring (bicyclic) bond motifs is 1. The van der Waals surface area contributed by atoms with Gasteiger partial charge in [0.15, 0.2) is 0 Å². The maximum Gasteiger partial charge on any atom is 0.271 e. The van der Waals surface area contributed by atoms with E-state index < -0.39 is 0 Å². The van der Waals surface area contributed by atoms with E-state index in [1.54, 1.807) is 26.2 Å². The number of carbonyl (C=O) groups excluding carboxylic acids is 1. The summed E-state index contributed by atoms with van der Waals surface area (Å²) in [5.74, 6) is 1.30. The summed E-state index contributed by atoms with van der Waals surface area (Å²) in [6.45, 7) is 0.303. The Morgan fingerprint density at radius 2 is 1.84 bits per heavy atom. The van der Waals surface area contributed by atoms with Crippen LogP contribution in [0.4, 0.5) is 0 Å². The van der Waals surface area contributed by atoms with Crippen molar-refractivity contribution in [3.05, 3.63) is 76.8 Å². The molecule has 0 unspecified atom stereocenters. The average Bonchev–Trinajstić information content (AvgIpc) is 3.26. The van der Waals surface area contributed by atoms with Crippen molar-refractivity contribution < 1.29 is 14.3 Å². The van der Waals surface area contributed by atoms with Crippen LogP contribution in [0.1, 0.15) is 5.56 Å². The third-order valence-electron chi connectivity index (χ3n) is 5.21. The highest BCUT2D eigenvalue weighted by molar-refractivity contribution is 7.22. The van der Waals surface area contributed by atoms with Crippen molar-refractivity contribution in [2.45, 2.75) is 13.1 Å². The summed E-state index contributed by atoms with van der Waals surface area (Å²) in [5, 5.41) is 0. The lowest BCUT2D eigenvalue weighted by atomic mass is 10.2. The number of hydrogen-bond acceptors (Lipinski definition) is 6. The largest absolute Gasteiger partial charge is 0.497 e. The van der Waals surface area contributed by atoms with Crippen LogP contribution in [-0.4, -0.2) is 41.6 Å². The first kappa shape index (κ1) is 21.6. The molecule has 0 aliphatic rings. The van der Waals surface area contributed by atoms with Crippen molar-refractivity contribution in [1.29, 1.82) is 0 Å². The Morgan fingerprint density at radius 3 is 2.56 bits per heavy atom. The van der Waals surface area contributed by atoms with E-state index in [0.717, 1.165) is 27.5 Å². The van der Waals surface area contributed by atoms with E-state index >= 15 is 0 Å². The minimum atomic E-state index is -0.223. The number of likely N-dealkylation sites (N-methyl/N-ethyl adjacent to an activating group) is 1. The molecule has 0 saturated heterocycles. The fraction of sp³-hybridized carbons (Fsp3) is 0.208. The molecule has 2 aromatic carbocycles. The molecule has 7 nitrogen and oxygen atoms in total. The van der Waals surface area contributed by atoms with Gasteiger partial charge in [0.2, 0.25) is 5.91 Å². The van der Waals surface area contributed by atoms with Gasteiger partial charge in [0.05, 0.1) is 26.1 Å². The standard InChI is InChI=1S/C24H23N3O4S/c1-26(13-17-6-4-5-7-20(17)31-3)22(28)14-27-15-25-19-12-21(32-23(19)24(27)29)16-8-10-18(30-2)11-9-16/h4-12,15H,13-14H2,1-3H3. The van der Waals surface area contributed by atoms with Crippen LogP contribution < -0.4 is 15.0 Å². The van der Waals surface area contributed by atoms with Gasteiger partial charge in [0, 0.05) is 24.0 Å². The van der Waals surface area contributed by atoms with Crippen molar-refractivity contribution in [2.75, 3.05) is 21.3 Å². The molecule has 0 bridgehead atoms. The summed E-state index contributed by atoms with van der Waals surface area (Å²) < 4.78 is 12.4. The zero-order valence-electron chi connectivity index (χ0n) is 18.1. The summed E-state index contributed by atoms with van der Waals surface area (Å²) in [6.07, 6.45) is 1.43. The van der Waals surface area contributed by atoms with E-state index in [2.05, 4.69) is 4.98 Å². The molecule has 2 aromatic heterocycles. The topological polar surface area (TPSA) is 73.7 Å². The lowest BCUT2D eigenvalue weighted by Crippen LogP contribution is -2.33. The Labute approximate surface area is 189 Å². The molecule has 164 valence electrons. The van der Waals surface area contributed by atoms with Crippen LogP contribution in [0.5, 0.6) is 11.5 Å². The van der Waals surface area contributed by atoms with E-state index in [1.165, 1.54) is 22.2 Å². The monoisotopic (exact) mass is 449 g/mol. The normalized spacial score (nSPS) is 10.8. The Hall–Kier alpha value is -3.65. The Bertz CT molecular complexity index is 1310. The molecule has 0 N–H and O–H groups in total. The summed E-state index contributed by atoms with van der Waals surface area (Å²) in [6, 6.07) is 17.1. The maximum absolute atomic E-state index is 13.0. The van der Waals surface area contributed by atoms with Crippen molar-refractivity contribution in [3.8, 4) is 21.9 Å². The van der Waals surface area contributed by atoms with Gasteiger partial charge in [-0.25, -0.2) is 4.98 Å². The number of aromatic nitrogens is 2. The van der Waals surface area contributed by atoms with Gasteiger partial charge in [-0.3, -0.25) is 14.2 Å². The maximum atomic E-state index is 13.0. The number of hydrogen-bond donors (Lipinski definition) is 0. The molecule has 2 heterocycles. The number of carbonyl (C=O) groups is 1. The highest BCUT2D eigenvalue weighted by Crippen LogP contribution is 2.31. The molecule has 32 heavy (non-hydrogen) atoms. The number of rotatable bonds is 7. The van der Waals surface area contributed by atoms with Gasteiger partial charge in [0.1, 0.15) is 22.7 Å².